The van der Waals surface area contributed by atoms with Crippen molar-refractivity contribution in [2.24, 2.45) is 5.92 Å². The lowest BCUT2D eigenvalue weighted by Gasteiger charge is -2.32. The van der Waals surface area contributed by atoms with Crippen LogP contribution in [0.25, 0.3) is 0 Å². The summed E-state index contributed by atoms with van der Waals surface area (Å²) in [6.07, 6.45) is 4.85. The third-order valence-corrected chi connectivity index (χ3v) is 5.96. The number of ether oxygens (including phenoxy) is 1. The maximum absolute atomic E-state index is 12.7. The van der Waals surface area contributed by atoms with Gasteiger partial charge in [-0.05, 0) is 49.1 Å². The fourth-order valence-corrected chi connectivity index (χ4v) is 4.16. The number of carbonyl (C=O) groups excluding carboxylic acids is 1. The SMILES string of the molecule is Cc1ccccc1Oc1nccnc1N1CCC(C(=O)NCc2cccc(Br)c2)CC1. The molecule has 0 radical (unpaired) electrons. The number of hydrogen-bond donors (Lipinski definition) is 1. The predicted octanol–water partition coefficient (Wildman–Crippen LogP) is 4.87. The largest absolute Gasteiger partial charge is 0.436 e. The summed E-state index contributed by atoms with van der Waals surface area (Å²) in [7, 11) is 0. The lowest BCUT2D eigenvalue weighted by atomic mass is 9.96. The second kappa shape index (κ2) is 9.92. The van der Waals surface area contributed by atoms with Crippen molar-refractivity contribution in [2.75, 3.05) is 18.0 Å². The molecule has 2 heterocycles. The smallest absolute Gasteiger partial charge is 0.263 e. The van der Waals surface area contributed by atoms with E-state index in [4.69, 9.17) is 4.74 Å². The lowest BCUT2D eigenvalue weighted by Crippen LogP contribution is -2.40. The summed E-state index contributed by atoms with van der Waals surface area (Å²) in [6, 6.07) is 15.8. The zero-order valence-corrected chi connectivity index (χ0v) is 19.0. The first-order valence-corrected chi connectivity index (χ1v) is 11.2. The number of aromatic nitrogens is 2. The fourth-order valence-electron chi connectivity index (χ4n) is 3.72. The Morgan fingerprint density at radius 2 is 1.90 bits per heavy atom. The quantitative estimate of drug-likeness (QED) is 0.544. The van der Waals surface area contributed by atoms with Gasteiger partial charge in [0.05, 0.1) is 0 Å². The average Bonchev–Trinajstić information content (AvgIpc) is 2.80. The maximum atomic E-state index is 12.7. The predicted molar refractivity (Wildman–Crippen MR) is 124 cm³/mol. The molecule has 7 heteroatoms. The van der Waals surface area contributed by atoms with Crippen molar-refractivity contribution >= 4 is 27.7 Å². The molecule has 0 unspecified atom stereocenters. The molecule has 1 amide bonds. The standard InChI is InChI=1S/C24H25BrN4O2/c1-17-5-2-3-8-21(17)31-24-22(26-11-12-27-24)29-13-9-19(10-14-29)23(30)28-16-18-6-4-7-20(25)15-18/h2-8,11-12,15,19H,9-10,13-14,16H2,1H3,(H,28,30). The summed E-state index contributed by atoms with van der Waals surface area (Å²) in [5.74, 6) is 2.09. The van der Waals surface area contributed by atoms with Gasteiger partial charge in [-0.2, -0.15) is 0 Å². The number of piperidine rings is 1. The normalized spacial score (nSPS) is 14.3. The molecule has 0 spiro atoms. The van der Waals surface area contributed by atoms with Crippen LogP contribution in [-0.4, -0.2) is 29.0 Å². The van der Waals surface area contributed by atoms with Gasteiger partial charge in [0.25, 0.3) is 5.88 Å². The van der Waals surface area contributed by atoms with Crippen LogP contribution in [0.5, 0.6) is 11.6 Å². The summed E-state index contributed by atoms with van der Waals surface area (Å²) in [6.45, 7) is 4.01. The van der Waals surface area contributed by atoms with Crippen LogP contribution < -0.4 is 15.0 Å². The molecule has 1 aliphatic rings. The topological polar surface area (TPSA) is 67.4 Å². The van der Waals surface area contributed by atoms with Crippen LogP contribution in [0.15, 0.2) is 65.4 Å². The van der Waals surface area contributed by atoms with Crippen LogP contribution in [0, 0.1) is 12.8 Å². The van der Waals surface area contributed by atoms with E-state index in [2.05, 4.69) is 36.1 Å². The first-order valence-electron chi connectivity index (χ1n) is 10.4. The molecule has 0 atom stereocenters. The number of carbonyl (C=O) groups is 1. The van der Waals surface area contributed by atoms with Gasteiger partial charge in [-0.3, -0.25) is 4.79 Å². The van der Waals surface area contributed by atoms with Crippen molar-refractivity contribution < 1.29 is 9.53 Å². The summed E-state index contributed by atoms with van der Waals surface area (Å²) in [4.78, 5) is 23.7. The van der Waals surface area contributed by atoms with E-state index in [9.17, 15) is 4.79 Å². The van der Waals surface area contributed by atoms with Crippen molar-refractivity contribution in [3.8, 4) is 11.6 Å². The minimum absolute atomic E-state index is 0.000750. The Kier molecular flexibility index (Phi) is 6.82. The number of nitrogens with one attached hydrogen (secondary N) is 1. The first-order chi connectivity index (χ1) is 15.1. The molecule has 0 saturated carbocycles. The van der Waals surface area contributed by atoms with Gasteiger partial charge in [-0.1, -0.05) is 46.3 Å². The second-order valence-electron chi connectivity index (χ2n) is 7.66. The third-order valence-electron chi connectivity index (χ3n) is 5.47. The molecule has 4 rings (SSSR count). The minimum Gasteiger partial charge on any atom is -0.436 e. The van der Waals surface area contributed by atoms with Gasteiger partial charge in [-0.25, -0.2) is 9.97 Å². The van der Waals surface area contributed by atoms with Crippen LogP contribution in [0.4, 0.5) is 5.82 Å². The van der Waals surface area contributed by atoms with Crippen molar-refractivity contribution in [2.45, 2.75) is 26.3 Å². The number of aryl methyl sites for hydroxylation is 1. The monoisotopic (exact) mass is 480 g/mol. The van der Waals surface area contributed by atoms with Gasteiger partial charge in [0.1, 0.15) is 5.75 Å². The number of benzene rings is 2. The first kappa shape index (κ1) is 21.3. The molecule has 0 bridgehead atoms. The van der Waals surface area contributed by atoms with E-state index >= 15 is 0 Å². The number of nitrogens with zero attached hydrogens (tertiary/aromatic N) is 3. The molecule has 1 N–H and O–H groups in total. The molecule has 160 valence electrons. The average molecular weight is 481 g/mol. The van der Waals surface area contributed by atoms with Crippen molar-refractivity contribution in [3.63, 3.8) is 0 Å². The molecule has 31 heavy (non-hydrogen) atoms. The summed E-state index contributed by atoms with van der Waals surface area (Å²) >= 11 is 3.47. The minimum atomic E-state index is 0.000750. The van der Waals surface area contributed by atoms with Crippen molar-refractivity contribution in [1.29, 1.82) is 0 Å². The number of halogens is 1. The van der Waals surface area contributed by atoms with E-state index in [1.165, 1.54) is 0 Å². The molecule has 6 nitrogen and oxygen atoms in total. The Morgan fingerprint density at radius 1 is 1.13 bits per heavy atom. The Balaban J connectivity index is 1.35. The van der Waals surface area contributed by atoms with Crippen LogP contribution in [0.3, 0.4) is 0 Å². The summed E-state index contributed by atoms with van der Waals surface area (Å²) in [5.41, 5.74) is 2.12. The molecule has 1 saturated heterocycles. The Hall–Kier alpha value is -2.93. The Morgan fingerprint density at radius 3 is 2.68 bits per heavy atom. The number of hydrogen-bond acceptors (Lipinski definition) is 5. The molecular formula is C24H25BrN4O2. The van der Waals surface area contributed by atoms with Crippen LogP contribution >= 0.6 is 15.9 Å². The van der Waals surface area contributed by atoms with E-state index in [0.717, 1.165) is 53.1 Å². The van der Waals surface area contributed by atoms with Crippen LogP contribution in [0.2, 0.25) is 0 Å². The van der Waals surface area contributed by atoms with Crippen LogP contribution in [-0.2, 0) is 11.3 Å². The molecule has 3 aromatic rings. The second-order valence-corrected chi connectivity index (χ2v) is 8.58. The van der Waals surface area contributed by atoms with Crippen LogP contribution in [0.1, 0.15) is 24.0 Å². The fraction of sp³-hybridized carbons (Fsp3) is 0.292. The van der Waals surface area contributed by atoms with Gasteiger partial charge in [0.2, 0.25) is 5.91 Å². The van der Waals surface area contributed by atoms with Gasteiger partial charge in [0.15, 0.2) is 5.82 Å². The lowest BCUT2D eigenvalue weighted by molar-refractivity contribution is -0.125. The van der Waals surface area contributed by atoms with Gasteiger partial charge in [-0.15, -0.1) is 0 Å². The number of rotatable bonds is 6. The molecule has 1 fully saturated rings. The third kappa shape index (κ3) is 5.41. The number of amides is 1. The zero-order valence-electron chi connectivity index (χ0n) is 17.4. The highest BCUT2D eigenvalue weighted by Gasteiger charge is 2.27. The van der Waals surface area contributed by atoms with E-state index in [-0.39, 0.29) is 11.8 Å². The molecular weight excluding hydrogens is 456 g/mol. The molecule has 1 aliphatic heterocycles. The molecule has 0 aliphatic carbocycles. The highest BCUT2D eigenvalue weighted by atomic mass is 79.9. The number of para-hydroxylation sites is 1. The Labute approximate surface area is 190 Å². The van der Waals surface area contributed by atoms with Gasteiger partial charge >= 0.3 is 0 Å². The highest BCUT2D eigenvalue weighted by Crippen LogP contribution is 2.32. The molecule has 2 aromatic carbocycles. The number of anilines is 1. The zero-order chi connectivity index (χ0) is 21.6. The van der Waals surface area contributed by atoms with Crippen molar-refractivity contribution in [3.05, 3.63) is 76.5 Å². The Bertz CT molecular complexity index is 1050. The van der Waals surface area contributed by atoms with E-state index in [1.807, 2.05) is 55.5 Å². The van der Waals surface area contributed by atoms with Gasteiger partial charge in [0, 0.05) is 42.4 Å². The van der Waals surface area contributed by atoms with Crippen molar-refractivity contribution in [1.82, 2.24) is 15.3 Å². The summed E-state index contributed by atoms with van der Waals surface area (Å²) in [5, 5.41) is 3.07. The highest BCUT2D eigenvalue weighted by molar-refractivity contribution is 9.10. The molecule has 1 aromatic heterocycles. The summed E-state index contributed by atoms with van der Waals surface area (Å²) < 4.78 is 7.08. The van der Waals surface area contributed by atoms with Gasteiger partial charge < -0.3 is 15.0 Å². The van der Waals surface area contributed by atoms with E-state index in [1.54, 1.807) is 12.4 Å². The van der Waals surface area contributed by atoms with E-state index in [0.29, 0.717) is 12.4 Å². The maximum Gasteiger partial charge on any atom is 0.263 e. The van der Waals surface area contributed by atoms with E-state index < -0.39 is 0 Å².